The molecule has 90 valence electrons. The zero-order valence-corrected chi connectivity index (χ0v) is 10.8. The number of H-pyrrole nitrogens is 1. The van der Waals surface area contributed by atoms with E-state index in [0.717, 1.165) is 6.04 Å². The summed E-state index contributed by atoms with van der Waals surface area (Å²) in [5.74, 6) is 2.70. The second-order valence-corrected chi connectivity index (χ2v) is 5.91. The number of thioether (sulfide) groups is 1. The van der Waals surface area contributed by atoms with Crippen molar-refractivity contribution in [2.45, 2.75) is 18.9 Å². The molecule has 1 aromatic heterocycles. The second kappa shape index (κ2) is 5.15. The average molecular weight is 247 g/mol. The fourth-order valence-corrected chi connectivity index (χ4v) is 3.79. The van der Waals surface area contributed by atoms with Crippen LogP contribution in [0.4, 0.5) is 0 Å². The zero-order valence-electron chi connectivity index (χ0n) is 9.99. The van der Waals surface area contributed by atoms with E-state index in [1.54, 1.807) is 0 Å². The number of aromatic nitrogens is 1. The van der Waals surface area contributed by atoms with Crippen molar-refractivity contribution in [3.05, 3.63) is 36.0 Å². The summed E-state index contributed by atoms with van der Waals surface area (Å²) in [6.07, 6.45) is 4.73. The van der Waals surface area contributed by atoms with E-state index in [1.165, 1.54) is 47.4 Å². The summed E-state index contributed by atoms with van der Waals surface area (Å²) in [6, 6.07) is 9.44. The van der Waals surface area contributed by atoms with Crippen LogP contribution >= 0.6 is 11.8 Å². The first-order valence-electron chi connectivity index (χ1n) is 6.39. The number of benzene rings is 1. The Morgan fingerprint density at radius 1 is 1.35 bits per heavy atom. The first kappa shape index (κ1) is 11.2. The van der Waals surface area contributed by atoms with Gasteiger partial charge in [-0.2, -0.15) is 11.8 Å². The van der Waals surface area contributed by atoms with E-state index in [9.17, 15) is 0 Å². The molecule has 1 atom stereocenters. The maximum absolute atomic E-state index is 3.35. The molecule has 17 heavy (non-hydrogen) atoms. The molecule has 3 rings (SSSR count). The van der Waals surface area contributed by atoms with Gasteiger partial charge in [-0.25, -0.2) is 0 Å². The highest BCUT2D eigenvalue weighted by Gasteiger charge is 2.17. The molecule has 0 saturated carbocycles. The van der Waals surface area contributed by atoms with E-state index < -0.39 is 0 Å². The smallest absolute Gasteiger partial charge is 0.0958 e. The Morgan fingerprint density at radius 3 is 3.18 bits per heavy atom. The van der Waals surface area contributed by atoms with Gasteiger partial charge in [0.05, 0.1) is 12.6 Å². The van der Waals surface area contributed by atoms with Crippen LogP contribution in [0.3, 0.4) is 0 Å². The Bertz CT molecular complexity index is 486. The van der Waals surface area contributed by atoms with Crippen LogP contribution in [-0.2, 0) is 6.42 Å². The quantitative estimate of drug-likeness (QED) is 0.848. The number of quaternary nitrogens is 1. The monoisotopic (exact) mass is 247 g/mol. The fraction of sp³-hybridized carbons (Fsp3) is 0.429. The lowest BCUT2D eigenvalue weighted by Crippen LogP contribution is -2.90. The largest absolute Gasteiger partial charge is 0.361 e. The first-order chi connectivity index (χ1) is 8.43. The summed E-state index contributed by atoms with van der Waals surface area (Å²) in [6.45, 7) is 1.22. The molecular weight excluding hydrogens is 228 g/mol. The molecule has 2 heterocycles. The first-order valence-corrected chi connectivity index (χ1v) is 7.55. The minimum Gasteiger partial charge on any atom is -0.361 e. The SMILES string of the molecule is c1ccc2c(CC[NH2+][C@H]3CCSC3)c[nH]c2c1. The van der Waals surface area contributed by atoms with Crippen LogP contribution in [0.5, 0.6) is 0 Å². The van der Waals surface area contributed by atoms with Crippen molar-refractivity contribution in [1.82, 2.24) is 4.98 Å². The molecule has 3 heteroatoms. The number of aromatic amines is 1. The molecule has 1 saturated heterocycles. The van der Waals surface area contributed by atoms with Gasteiger partial charge in [0.2, 0.25) is 0 Å². The third-order valence-corrected chi connectivity index (χ3v) is 4.74. The van der Waals surface area contributed by atoms with Crippen molar-refractivity contribution in [3.63, 3.8) is 0 Å². The van der Waals surface area contributed by atoms with Crippen molar-refractivity contribution in [1.29, 1.82) is 0 Å². The molecule has 1 fully saturated rings. The van der Waals surface area contributed by atoms with Gasteiger partial charge in [-0.05, 0) is 17.4 Å². The van der Waals surface area contributed by atoms with Crippen molar-refractivity contribution < 1.29 is 5.32 Å². The minimum atomic E-state index is 0.866. The van der Waals surface area contributed by atoms with Crippen LogP contribution < -0.4 is 5.32 Å². The van der Waals surface area contributed by atoms with Crippen LogP contribution in [0, 0.1) is 0 Å². The average Bonchev–Trinajstić information content (AvgIpc) is 2.99. The molecule has 0 radical (unpaired) electrons. The Morgan fingerprint density at radius 2 is 2.29 bits per heavy atom. The highest BCUT2D eigenvalue weighted by Crippen LogP contribution is 2.17. The van der Waals surface area contributed by atoms with E-state index >= 15 is 0 Å². The summed E-state index contributed by atoms with van der Waals surface area (Å²) in [5, 5.41) is 3.92. The zero-order chi connectivity index (χ0) is 11.5. The van der Waals surface area contributed by atoms with Gasteiger partial charge in [0.25, 0.3) is 0 Å². The molecule has 0 amide bonds. The normalized spacial score (nSPS) is 20.1. The molecule has 1 aromatic carbocycles. The van der Waals surface area contributed by atoms with Crippen LogP contribution in [0.25, 0.3) is 10.9 Å². The van der Waals surface area contributed by atoms with Gasteiger partial charge >= 0.3 is 0 Å². The van der Waals surface area contributed by atoms with Crippen molar-refractivity contribution in [2.75, 3.05) is 18.1 Å². The lowest BCUT2D eigenvalue weighted by atomic mass is 10.1. The van der Waals surface area contributed by atoms with Gasteiger partial charge in [0, 0.05) is 35.7 Å². The third kappa shape index (κ3) is 2.50. The van der Waals surface area contributed by atoms with Crippen molar-refractivity contribution in [3.8, 4) is 0 Å². The number of para-hydroxylation sites is 1. The minimum absolute atomic E-state index is 0.866. The second-order valence-electron chi connectivity index (χ2n) is 4.76. The van der Waals surface area contributed by atoms with Gasteiger partial charge < -0.3 is 10.3 Å². The summed E-state index contributed by atoms with van der Waals surface area (Å²) in [5.41, 5.74) is 2.72. The number of hydrogen-bond acceptors (Lipinski definition) is 1. The van der Waals surface area contributed by atoms with Gasteiger partial charge in [-0.15, -0.1) is 0 Å². The Kier molecular flexibility index (Phi) is 3.39. The predicted octanol–water partition coefficient (Wildman–Crippen LogP) is 1.78. The highest BCUT2D eigenvalue weighted by molar-refractivity contribution is 7.99. The summed E-state index contributed by atoms with van der Waals surface area (Å²) in [4.78, 5) is 3.35. The van der Waals surface area contributed by atoms with Crippen LogP contribution in [-0.4, -0.2) is 29.1 Å². The van der Waals surface area contributed by atoms with E-state index in [4.69, 9.17) is 0 Å². The third-order valence-electron chi connectivity index (χ3n) is 3.55. The maximum atomic E-state index is 3.35. The molecule has 3 N–H and O–H groups in total. The van der Waals surface area contributed by atoms with E-state index in [2.05, 4.69) is 52.5 Å². The Labute approximate surface area is 106 Å². The Balaban J connectivity index is 1.60. The molecule has 2 aromatic rings. The van der Waals surface area contributed by atoms with E-state index in [0.29, 0.717) is 0 Å². The number of fused-ring (bicyclic) bond motifs is 1. The molecule has 0 aliphatic carbocycles. The number of hydrogen-bond donors (Lipinski definition) is 2. The molecule has 2 nitrogen and oxygen atoms in total. The standard InChI is InChI=1S/C14H18N2S/c1-2-4-14-13(3-1)11(9-16-14)5-7-15-12-6-8-17-10-12/h1-4,9,12,15-16H,5-8,10H2/p+1/t12-/m0/s1. The van der Waals surface area contributed by atoms with Crippen molar-refractivity contribution >= 4 is 22.7 Å². The summed E-state index contributed by atoms with van der Waals surface area (Å²) >= 11 is 2.10. The molecular formula is C14H19N2S+. The van der Waals surface area contributed by atoms with Crippen LogP contribution in [0.2, 0.25) is 0 Å². The highest BCUT2D eigenvalue weighted by atomic mass is 32.2. The number of nitrogens with two attached hydrogens (primary N) is 1. The fourth-order valence-electron chi connectivity index (χ4n) is 2.55. The molecule has 1 aliphatic heterocycles. The van der Waals surface area contributed by atoms with Crippen molar-refractivity contribution in [2.24, 2.45) is 0 Å². The number of nitrogens with one attached hydrogen (secondary N) is 1. The number of rotatable bonds is 4. The van der Waals surface area contributed by atoms with Gasteiger partial charge in [0.15, 0.2) is 0 Å². The van der Waals surface area contributed by atoms with E-state index in [1.807, 2.05) is 0 Å². The Hall–Kier alpha value is -0.930. The predicted molar refractivity (Wildman–Crippen MR) is 74.5 cm³/mol. The molecule has 0 bridgehead atoms. The van der Waals surface area contributed by atoms with Gasteiger partial charge in [-0.3, -0.25) is 0 Å². The van der Waals surface area contributed by atoms with Gasteiger partial charge in [-0.1, -0.05) is 18.2 Å². The molecule has 0 spiro atoms. The summed E-state index contributed by atoms with van der Waals surface area (Å²) in [7, 11) is 0. The lowest BCUT2D eigenvalue weighted by molar-refractivity contribution is -0.683. The molecule has 0 unspecified atom stereocenters. The molecule has 1 aliphatic rings. The van der Waals surface area contributed by atoms with E-state index in [-0.39, 0.29) is 0 Å². The maximum Gasteiger partial charge on any atom is 0.0958 e. The lowest BCUT2D eigenvalue weighted by Gasteiger charge is -2.06. The summed E-state index contributed by atoms with van der Waals surface area (Å²) < 4.78 is 0. The topological polar surface area (TPSA) is 32.4 Å². The van der Waals surface area contributed by atoms with Crippen LogP contribution in [0.1, 0.15) is 12.0 Å². The van der Waals surface area contributed by atoms with Crippen LogP contribution in [0.15, 0.2) is 30.5 Å². The van der Waals surface area contributed by atoms with Gasteiger partial charge in [0.1, 0.15) is 0 Å².